The Hall–Kier alpha value is -1.96. The number of hydrogen-bond donors (Lipinski definition) is 0. The highest BCUT2D eigenvalue weighted by Gasteiger charge is 2.30. The smallest absolute Gasteiger partial charge is 0.303 e. The molecule has 8 heteroatoms. The topological polar surface area (TPSA) is 87.3 Å². The number of fused-ring (bicyclic) bond motifs is 3. The van der Waals surface area contributed by atoms with Gasteiger partial charge in [0.25, 0.3) is 5.69 Å². The molecule has 0 N–H and O–H groups in total. The fraction of sp³-hybridized carbons (Fsp3) is 0.333. The summed E-state index contributed by atoms with van der Waals surface area (Å²) in [5.74, 6) is 0.283. The van der Waals surface area contributed by atoms with Crippen LogP contribution in [0.15, 0.2) is 16.6 Å². The van der Waals surface area contributed by atoms with Crippen LogP contribution < -0.4 is 0 Å². The monoisotopic (exact) mass is 339 g/mol. The van der Waals surface area contributed by atoms with Gasteiger partial charge in [-0.2, -0.15) is 0 Å². The van der Waals surface area contributed by atoms with Crippen LogP contribution in [0.4, 0.5) is 5.69 Å². The van der Waals surface area contributed by atoms with Gasteiger partial charge in [-0.05, 0) is 22.0 Å². The largest absolute Gasteiger partial charge is 0.454 e. The molecule has 1 aromatic heterocycles. The molecule has 1 aliphatic rings. The molecular formula is C12H10BrN3O4. The molecule has 2 heterocycles. The molecule has 20 heavy (non-hydrogen) atoms. The van der Waals surface area contributed by atoms with E-state index in [1.807, 2.05) is 4.57 Å². The van der Waals surface area contributed by atoms with Crippen LogP contribution in [0, 0.1) is 10.1 Å². The Kier molecular flexibility index (Phi) is 2.97. The maximum Gasteiger partial charge on any atom is 0.303 e. The first-order valence-electron chi connectivity index (χ1n) is 5.98. The highest BCUT2D eigenvalue weighted by atomic mass is 79.9. The summed E-state index contributed by atoms with van der Waals surface area (Å²) in [7, 11) is 0. The van der Waals surface area contributed by atoms with Gasteiger partial charge in [-0.25, -0.2) is 4.98 Å². The summed E-state index contributed by atoms with van der Waals surface area (Å²) >= 11 is 3.20. The number of carbonyl (C=O) groups is 1. The van der Waals surface area contributed by atoms with E-state index in [4.69, 9.17) is 4.74 Å². The zero-order valence-corrected chi connectivity index (χ0v) is 12.1. The Balaban J connectivity index is 2.13. The van der Waals surface area contributed by atoms with Crippen molar-refractivity contribution < 1.29 is 14.5 Å². The van der Waals surface area contributed by atoms with Crippen molar-refractivity contribution in [3.63, 3.8) is 0 Å². The first kappa shape index (κ1) is 13.0. The van der Waals surface area contributed by atoms with Gasteiger partial charge in [0.15, 0.2) is 11.9 Å². The fourth-order valence-corrected chi connectivity index (χ4v) is 2.94. The van der Waals surface area contributed by atoms with Crippen molar-refractivity contribution in [2.45, 2.75) is 26.0 Å². The van der Waals surface area contributed by atoms with Gasteiger partial charge in [-0.1, -0.05) is 0 Å². The zero-order valence-electron chi connectivity index (χ0n) is 10.5. The van der Waals surface area contributed by atoms with Gasteiger partial charge < -0.3 is 9.30 Å². The number of halogens is 1. The number of ether oxygens (including phenoxy) is 1. The second-order valence-electron chi connectivity index (χ2n) is 4.56. The molecule has 104 valence electrons. The molecule has 7 nitrogen and oxygen atoms in total. The summed E-state index contributed by atoms with van der Waals surface area (Å²) in [6, 6.07) is 3.11. The fourth-order valence-electron chi connectivity index (χ4n) is 2.46. The van der Waals surface area contributed by atoms with Crippen LogP contribution in [0.1, 0.15) is 25.3 Å². The van der Waals surface area contributed by atoms with Gasteiger partial charge in [-0.15, -0.1) is 0 Å². The third-order valence-electron chi connectivity index (χ3n) is 3.25. The van der Waals surface area contributed by atoms with E-state index in [2.05, 4.69) is 20.9 Å². The van der Waals surface area contributed by atoms with Crippen LogP contribution in [0.25, 0.3) is 11.0 Å². The zero-order chi connectivity index (χ0) is 14.4. The molecule has 0 amide bonds. The van der Waals surface area contributed by atoms with Crippen molar-refractivity contribution in [2.24, 2.45) is 0 Å². The van der Waals surface area contributed by atoms with Gasteiger partial charge in [0.05, 0.1) is 20.4 Å². The molecule has 0 saturated carbocycles. The van der Waals surface area contributed by atoms with E-state index in [0.29, 0.717) is 28.8 Å². The van der Waals surface area contributed by atoms with E-state index in [-0.39, 0.29) is 17.8 Å². The van der Waals surface area contributed by atoms with Crippen molar-refractivity contribution in [1.82, 2.24) is 9.55 Å². The normalized spacial score (nSPS) is 17.2. The van der Waals surface area contributed by atoms with Crippen molar-refractivity contribution >= 4 is 38.6 Å². The Bertz CT molecular complexity index is 740. The molecule has 1 aromatic carbocycles. The summed E-state index contributed by atoms with van der Waals surface area (Å²) in [6.07, 6.45) is 0.296. The molecule has 1 atom stereocenters. The predicted molar refractivity (Wildman–Crippen MR) is 73.2 cm³/mol. The number of aryl methyl sites for hydroxylation is 1. The van der Waals surface area contributed by atoms with Gasteiger partial charge in [-0.3, -0.25) is 14.9 Å². The second kappa shape index (κ2) is 4.55. The van der Waals surface area contributed by atoms with Crippen LogP contribution in [-0.2, 0) is 16.1 Å². The average Bonchev–Trinajstić information content (AvgIpc) is 2.88. The van der Waals surface area contributed by atoms with E-state index in [1.54, 1.807) is 6.07 Å². The van der Waals surface area contributed by atoms with E-state index >= 15 is 0 Å². The molecule has 0 spiro atoms. The lowest BCUT2D eigenvalue weighted by atomic mass is 10.2. The second-order valence-corrected chi connectivity index (χ2v) is 5.41. The minimum Gasteiger partial charge on any atom is -0.454 e. The third kappa shape index (κ3) is 1.96. The first-order valence-corrected chi connectivity index (χ1v) is 6.78. The number of rotatable bonds is 2. The van der Waals surface area contributed by atoms with Crippen LogP contribution in [0.5, 0.6) is 0 Å². The quantitative estimate of drug-likeness (QED) is 0.477. The summed E-state index contributed by atoms with van der Waals surface area (Å²) in [6.45, 7) is 2.03. The van der Waals surface area contributed by atoms with Gasteiger partial charge in [0.1, 0.15) is 0 Å². The number of benzene rings is 1. The first-order chi connectivity index (χ1) is 9.47. The highest BCUT2D eigenvalue weighted by molar-refractivity contribution is 9.10. The molecule has 0 aliphatic carbocycles. The van der Waals surface area contributed by atoms with Crippen LogP contribution in [0.3, 0.4) is 0 Å². The van der Waals surface area contributed by atoms with E-state index < -0.39 is 4.92 Å². The van der Waals surface area contributed by atoms with E-state index in [1.165, 1.54) is 13.0 Å². The maximum absolute atomic E-state index is 11.1. The lowest BCUT2D eigenvalue weighted by Gasteiger charge is -2.07. The number of esters is 1. The number of carbonyl (C=O) groups excluding carboxylic acids is 1. The molecule has 0 radical (unpaired) electrons. The summed E-state index contributed by atoms with van der Waals surface area (Å²) < 4.78 is 7.55. The molecule has 0 saturated heterocycles. The molecule has 3 rings (SSSR count). The van der Waals surface area contributed by atoms with Gasteiger partial charge in [0.2, 0.25) is 0 Å². The number of aromatic nitrogens is 2. The van der Waals surface area contributed by atoms with Crippen LogP contribution >= 0.6 is 15.9 Å². The number of imidazole rings is 1. The number of nitrogens with zero attached hydrogens (tertiary/aromatic N) is 3. The summed E-state index contributed by atoms with van der Waals surface area (Å²) in [4.78, 5) is 25.9. The third-order valence-corrected chi connectivity index (χ3v) is 3.89. The predicted octanol–water partition coefficient (Wildman–Crippen LogP) is 2.71. The van der Waals surface area contributed by atoms with Crippen LogP contribution in [0.2, 0.25) is 0 Å². The molecular weight excluding hydrogens is 330 g/mol. The Morgan fingerprint density at radius 2 is 2.35 bits per heavy atom. The van der Waals surface area contributed by atoms with Crippen molar-refractivity contribution in [2.75, 3.05) is 0 Å². The standard InChI is InChI=1S/C12H10BrN3O4/c1-6(17)20-11-2-3-15-10-4-7(13)9(16(18)19)5-8(10)14-12(11)15/h4-5,11H,2-3H2,1H3. The van der Waals surface area contributed by atoms with Crippen molar-refractivity contribution in [1.29, 1.82) is 0 Å². The van der Waals surface area contributed by atoms with E-state index in [9.17, 15) is 14.9 Å². The molecule has 0 fully saturated rings. The minimum atomic E-state index is -0.461. The maximum atomic E-state index is 11.1. The highest BCUT2D eigenvalue weighted by Crippen LogP contribution is 2.36. The number of nitro groups is 1. The molecule has 2 aromatic rings. The molecule has 1 unspecified atom stereocenters. The Morgan fingerprint density at radius 1 is 1.60 bits per heavy atom. The number of nitro benzene ring substituents is 1. The summed E-state index contributed by atoms with van der Waals surface area (Å²) in [5.41, 5.74) is 1.30. The average molecular weight is 340 g/mol. The lowest BCUT2D eigenvalue weighted by molar-refractivity contribution is -0.385. The van der Waals surface area contributed by atoms with Crippen LogP contribution in [-0.4, -0.2) is 20.4 Å². The number of hydrogen-bond acceptors (Lipinski definition) is 5. The van der Waals surface area contributed by atoms with Gasteiger partial charge >= 0.3 is 5.97 Å². The SMILES string of the molecule is CC(=O)OC1CCn2c1nc1cc([N+](=O)[O-])c(Br)cc12. The van der Waals surface area contributed by atoms with Crippen molar-refractivity contribution in [3.05, 3.63) is 32.5 Å². The summed E-state index contributed by atoms with van der Waals surface area (Å²) in [5, 5.41) is 10.9. The molecule has 0 bridgehead atoms. The lowest BCUT2D eigenvalue weighted by Crippen LogP contribution is -2.06. The van der Waals surface area contributed by atoms with Gasteiger partial charge in [0, 0.05) is 26.0 Å². The molecule has 1 aliphatic heterocycles. The minimum absolute atomic E-state index is 0.0293. The van der Waals surface area contributed by atoms with E-state index in [0.717, 1.165) is 5.52 Å². The van der Waals surface area contributed by atoms with Crippen molar-refractivity contribution in [3.8, 4) is 0 Å². The Labute approximate surface area is 121 Å². The Morgan fingerprint density at radius 3 is 3.00 bits per heavy atom.